The topological polar surface area (TPSA) is 58.6 Å². The van der Waals surface area contributed by atoms with Gasteiger partial charge in [-0.2, -0.15) is 0 Å². The van der Waals surface area contributed by atoms with Crippen molar-refractivity contribution < 1.29 is 18.7 Å². The lowest BCUT2D eigenvalue weighted by atomic mass is 10.2. The van der Waals surface area contributed by atoms with E-state index < -0.39 is 5.82 Å². The molecule has 0 saturated heterocycles. The normalized spacial score (nSPS) is 10.2. The monoisotopic (exact) mass is 344 g/mol. The Bertz CT molecular complexity index is 777. The molecule has 2 amide bonds. The molecule has 6 heteroatoms. The van der Waals surface area contributed by atoms with E-state index >= 15 is 0 Å². The maximum Gasteiger partial charge on any atom is 0.251 e. The fraction of sp³-hybridized carbons (Fsp3) is 0.263. The van der Waals surface area contributed by atoms with E-state index in [4.69, 9.17) is 4.74 Å². The van der Waals surface area contributed by atoms with E-state index in [1.54, 1.807) is 6.07 Å². The van der Waals surface area contributed by atoms with Gasteiger partial charge in [-0.3, -0.25) is 9.59 Å². The lowest BCUT2D eigenvalue weighted by Crippen LogP contribution is -2.37. The number of hydrogen-bond acceptors (Lipinski definition) is 3. The molecule has 0 aromatic heterocycles. The van der Waals surface area contributed by atoms with Crippen molar-refractivity contribution in [3.8, 4) is 5.75 Å². The van der Waals surface area contributed by atoms with Crippen LogP contribution < -0.4 is 15.0 Å². The SMILES string of the molecule is COc1ccc(C)cc1N(CCNC(=O)c1cccc(F)c1)C(C)=O. The molecule has 0 aliphatic carbocycles. The number of nitrogens with zero attached hydrogens (tertiary/aromatic N) is 1. The summed E-state index contributed by atoms with van der Waals surface area (Å²) >= 11 is 0. The Morgan fingerprint density at radius 1 is 1.20 bits per heavy atom. The van der Waals surface area contributed by atoms with Gasteiger partial charge >= 0.3 is 0 Å². The van der Waals surface area contributed by atoms with Crippen molar-refractivity contribution in [3.63, 3.8) is 0 Å². The zero-order valence-corrected chi connectivity index (χ0v) is 14.5. The standard InChI is InChI=1S/C19H21FN2O3/c1-13-7-8-18(25-3)17(11-13)22(14(2)23)10-9-21-19(24)15-5-4-6-16(20)12-15/h4-8,11-12H,9-10H2,1-3H3,(H,21,24). The summed E-state index contributed by atoms with van der Waals surface area (Å²) in [6.07, 6.45) is 0. The number of benzene rings is 2. The first-order chi connectivity index (χ1) is 11.9. The number of hydrogen-bond donors (Lipinski definition) is 1. The van der Waals surface area contributed by atoms with Crippen LogP contribution in [-0.4, -0.2) is 32.0 Å². The van der Waals surface area contributed by atoms with Crippen molar-refractivity contribution in [3.05, 3.63) is 59.4 Å². The number of amides is 2. The maximum absolute atomic E-state index is 13.2. The molecule has 0 atom stereocenters. The minimum Gasteiger partial charge on any atom is -0.495 e. The fourth-order valence-electron chi connectivity index (χ4n) is 2.47. The van der Waals surface area contributed by atoms with Crippen LogP contribution in [0.5, 0.6) is 5.75 Å². The van der Waals surface area contributed by atoms with Crippen LogP contribution in [0.3, 0.4) is 0 Å². The first-order valence-electron chi connectivity index (χ1n) is 7.89. The van der Waals surface area contributed by atoms with Crippen LogP contribution in [0.1, 0.15) is 22.8 Å². The van der Waals surface area contributed by atoms with Crippen LogP contribution in [-0.2, 0) is 4.79 Å². The molecule has 0 aliphatic heterocycles. The average Bonchev–Trinajstić information content (AvgIpc) is 2.58. The number of methoxy groups -OCH3 is 1. The third-order valence-corrected chi connectivity index (χ3v) is 3.71. The van der Waals surface area contributed by atoms with Gasteiger partial charge in [0.2, 0.25) is 5.91 Å². The predicted molar refractivity (Wildman–Crippen MR) is 94.5 cm³/mol. The molecule has 0 saturated carbocycles. The van der Waals surface area contributed by atoms with E-state index in [1.807, 2.05) is 19.1 Å². The molecule has 2 aromatic carbocycles. The highest BCUT2D eigenvalue weighted by Crippen LogP contribution is 2.29. The van der Waals surface area contributed by atoms with E-state index in [1.165, 1.54) is 43.2 Å². The number of nitrogens with one attached hydrogen (secondary N) is 1. The van der Waals surface area contributed by atoms with Gasteiger partial charge in [-0.1, -0.05) is 12.1 Å². The lowest BCUT2D eigenvalue weighted by Gasteiger charge is -2.24. The van der Waals surface area contributed by atoms with Gasteiger partial charge in [0, 0.05) is 25.6 Å². The van der Waals surface area contributed by atoms with Crippen LogP contribution in [0.2, 0.25) is 0 Å². The first kappa shape index (κ1) is 18.4. The first-order valence-corrected chi connectivity index (χ1v) is 7.89. The molecule has 1 N–H and O–H groups in total. The molecule has 0 heterocycles. The Morgan fingerprint density at radius 3 is 2.60 bits per heavy atom. The summed E-state index contributed by atoms with van der Waals surface area (Å²) in [5.41, 5.74) is 1.88. The Labute approximate surface area is 146 Å². The highest BCUT2D eigenvalue weighted by molar-refractivity contribution is 5.95. The number of carbonyl (C=O) groups excluding carboxylic acids is 2. The van der Waals surface area contributed by atoms with Gasteiger partial charge in [-0.25, -0.2) is 4.39 Å². The quantitative estimate of drug-likeness (QED) is 0.876. The smallest absolute Gasteiger partial charge is 0.251 e. The summed E-state index contributed by atoms with van der Waals surface area (Å²) in [4.78, 5) is 25.6. The molecule has 0 unspecified atom stereocenters. The van der Waals surface area contributed by atoms with E-state index in [-0.39, 0.29) is 30.5 Å². The van der Waals surface area contributed by atoms with Gasteiger partial charge in [-0.05, 0) is 42.8 Å². The van der Waals surface area contributed by atoms with Gasteiger partial charge in [-0.15, -0.1) is 0 Å². The Morgan fingerprint density at radius 2 is 1.96 bits per heavy atom. The Balaban J connectivity index is 2.07. The Kier molecular flexibility index (Phi) is 6.11. The molecule has 0 fully saturated rings. The van der Waals surface area contributed by atoms with Crippen molar-refractivity contribution in [2.45, 2.75) is 13.8 Å². The van der Waals surface area contributed by atoms with Gasteiger partial charge in [0.25, 0.3) is 5.91 Å². The molecule has 0 bridgehead atoms. The Hall–Kier alpha value is -2.89. The fourth-order valence-corrected chi connectivity index (χ4v) is 2.47. The maximum atomic E-state index is 13.2. The van der Waals surface area contributed by atoms with E-state index in [0.717, 1.165) is 5.56 Å². The van der Waals surface area contributed by atoms with E-state index in [2.05, 4.69) is 5.32 Å². The largest absolute Gasteiger partial charge is 0.495 e. The highest BCUT2D eigenvalue weighted by atomic mass is 19.1. The summed E-state index contributed by atoms with van der Waals surface area (Å²) in [7, 11) is 1.54. The van der Waals surface area contributed by atoms with Gasteiger partial charge in [0.15, 0.2) is 0 Å². The number of ether oxygens (including phenoxy) is 1. The molecule has 0 spiro atoms. The predicted octanol–water partition coefficient (Wildman–Crippen LogP) is 2.93. The molecule has 2 rings (SSSR count). The van der Waals surface area contributed by atoms with Crippen molar-refractivity contribution in [2.24, 2.45) is 0 Å². The van der Waals surface area contributed by atoms with Gasteiger partial charge in [0.05, 0.1) is 12.8 Å². The lowest BCUT2D eigenvalue weighted by molar-refractivity contribution is -0.116. The van der Waals surface area contributed by atoms with Crippen molar-refractivity contribution >= 4 is 17.5 Å². The van der Waals surface area contributed by atoms with Crippen LogP contribution >= 0.6 is 0 Å². The molecule has 5 nitrogen and oxygen atoms in total. The van der Waals surface area contributed by atoms with Crippen LogP contribution in [0.4, 0.5) is 10.1 Å². The molecule has 0 aliphatic rings. The number of rotatable bonds is 6. The third-order valence-electron chi connectivity index (χ3n) is 3.71. The minimum atomic E-state index is -0.470. The zero-order chi connectivity index (χ0) is 18.4. The molecule has 25 heavy (non-hydrogen) atoms. The second-order valence-electron chi connectivity index (χ2n) is 5.61. The van der Waals surface area contributed by atoms with E-state index in [0.29, 0.717) is 11.4 Å². The summed E-state index contributed by atoms with van der Waals surface area (Å²) in [5.74, 6) is -0.442. The second kappa shape index (κ2) is 8.28. The number of anilines is 1. The van der Waals surface area contributed by atoms with Gasteiger partial charge < -0.3 is 15.0 Å². The van der Waals surface area contributed by atoms with Crippen molar-refractivity contribution in [2.75, 3.05) is 25.1 Å². The van der Waals surface area contributed by atoms with Crippen LogP contribution in [0.15, 0.2) is 42.5 Å². The zero-order valence-electron chi connectivity index (χ0n) is 14.5. The molecule has 0 radical (unpaired) electrons. The van der Waals surface area contributed by atoms with Crippen molar-refractivity contribution in [1.82, 2.24) is 5.32 Å². The second-order valence-corrected chi connectivity index (χ2v) is 5.61. The molecular formula is C19H21FN2O3. The number of aryl methyl sites for hydroxylation is 1. The summed E-state index contributed by atoms with van der Waals surface area (Å²) in [6.45, 7) is 3.88. The number of carbonyl (C=O) groups is 2. The van der Waals surface area contributed by atoms with Crippen LogP contribution in [0, 0.1) is 12.7 Å². The molecular weight excluding hydrogens is 323 g/mol. The summed E-state index contributed by atoms with van der Waals surface area (Å²) < 4.78 is 18.5. The number of halogens is 1. The molecule has 2 aromatic rings. The highest BCUT2D eigenvalue weighted by Gasteiger charge is 2.17. The third kappa shape index (κ3) is 4.79. The van der Waals surface area contributed by atoms with Crippen LogP contribution in [0.25, 0.3) is 0 Å². The summed E-state index contributed by atoms with van der Waals surface area (Å²) in [6, 6.07) is 11.0. The minimum absolute atomic E-state index is 0.163. The van der Waals surface area contributed by atoms with Crippen molar-refractivity contribution in [1.29, 1.82) is 0 Å². The average molecular weight is 344 g/mol. The summed E-state index contributed by atoms with van der Waals surface area (Å²) in [5, 5.41) is 2.69. The van der Waals surface area contributed by atoms with Gasteiger partial charge in [0.1, 0.15) is 11.6 Å². The molecule has 132 valence electrons. The van der Waals surface area contributed by atoms with E-state index in [9.17, 15) is 14.0 Å².